The predicted molar refractivity (Wildman–Crippen MR) is 63.2 cm³/mol. The highest BCUT2D eigenvalue weighted by Crippen LogP contribution is 2.22. The summed E-state index contributed by atoms with van der Waals surface area (Å²) in [6, 6.07) is 10.3. The lowest BCUT2D eigenvalue weighted by molar-refractivity contribution is 0.0697. The third kappa shape index (κ3) is 2.42. The summed E-state index contributed by atoms with van der Waals surface area (Å²) >= 11 is 0. The molecule has 1 aromatic carbocycles. The van der Waals surface area contributed by atoms with Crippen LogP contribution in [0.15, 0.2) is 42.6 Å². The van der Waals surface area contributed by atoms with Gasteiger partial charge in [-0.3, -0.25) is 0 Å². The van der Waals surface area contributed by atoms with Crippen LogP contribution >= 0.6 is 0 Å². The summed E-state index contributed by atoms with van der Waals surface area (Å²) in [5, 5.41) is 8.80. The number of carbonyl (C=O) groups is 1. The Labute approximate surface area is 98.5 Å². The number of aromatic carboxylic acids is 1. The van der Waals surface area contributed by atoms with Gasteiger partial charge in [0.05, 0.1) is 12.7 Å². The molecule has 4 nitrogen and oxygen atoms in total. The number of methoxy groups -OCH3 is 1. The Morgan fingerprint density at radius 2 is 1.88 bits per heavy atom. The smallest absolute Gasteiger partial charge is 0.335 e. The number of hydrogen-bond donors (Lipinski definition) is 1. The van der Waals surface area contributed by atoms with Crippen LogP contribution in [0.5, 0.6) is 5.88 Å². The molecule has 1 heterocycles. The number of benzene rings is 1. The first-order chi connectivity index (χ1) is 8.20. The van der Waals surface area contributed by atoms with E-state index in [4.69, 9.17) is 9.84 Å². The third-order valence-corrected chi connectivity index (χ3v) is 2.41. The molecule has 0 aliphatic rings. The van der Waals surface area contributed by atoms with Gasteiger partial charge in [-0.25, -0.2) is 9.78 Å². The SMILES string of the molecule is COc1cc(-c2ccc(C(=O)O)cc2)ccn1. The zero-order valence-electron chi connectivity index (χ0n) is 9.25. The highest BCUT2D eigenvalue weighted by molar-refractivity contribution is 5.88. The minimum absolute atomic E-state index is 0.273. The van der Waals surface area contributed by atoms with Gasteiger partial charge in [0.25, 0.3) is 0 Å². The number of carboxylic acid groups (broad SMARTS) is 1. The van der Waals surface area contributed by atoms with E-state index >= 15 is 0 Å². The Bertz CT molecular complexity index is 535. The zero-order chi connectivity index (χ0) is 12.3. The molecule has 2 rings (SSSR count). The minimum atomic E-state index is -0.927. The van der Waals surface area contributed by atoms with Crippen molar-refractivity contribution in [1.82, 2.24) is 4.98 Å². The summed E-state index contributed by atoms with van der Waals surface area (Å²) in [6.45, 7) is 0. The molecular formula is C13H11NO3. The van der Waals surface area contributed by atoms with Crippen molar-refractivity contribution in [3.05, 3.63) is 48.2 Å². The van der Waals surface area contributed by atoms with Gasteiger partial charge in [-0.2, -0.15) is 0 Å². The molecule has 0 aliphatic carbocycles. The zero-order valence-corrected chi connectivity index (χ0v) is 9.25. The lowest BCUT2D eigenvalue weighted by Crippen LogP contribution is -1.95. The first kappa shape index (κ1) is 11.1. The van der Waals surface area contributed by atoms with Crippen molar-refractivity contribution in [3.8, 4) is 17.0 Å². The molecule has 0 spiro atoms. The van der Waals surface area contributed by atoms with Crippen LogP contribution in [0.1, 0.15) is 10.4 Å². The standard InChI is InChI=1S/C13H11NO3/c1-17-12-8-11(6-7-14-12)9-2-4-10(5-3-9)13(15)16/h2-8H,1H3,(H,15,16). The minimum Gasteiger partial charge on any atom is -0.481 e. The second-order valence-electron chi connectivity index (χ2n) is 3.47. The second kappa shape index (κ2) is 4.65. The monoisotopic (exact) mass is 229 g/mol. The normalized spacial score (nSPS) is 9.94. The fourth-order valence-corrected chi connectivity index (χ4v) is 1.51. The number of ether oxygens (including phenoxy) is 1. The van der Waals surface area contributed by atoms with Crippen LogP contribution in [0, 0.1) is 0 Å². The van der Waals surface area contributed by atoms with Gasteiger partial charge in [0.1, 0.15) is 0 Å². The van der Waals surface area contributed by atoms with E-state index in [-0.39, 0.29) is 5.56 Å². The second-order valence-corrected chi connectivity index (χ2v) is 3.47. The maximum atomic E-state index is 10.7. The predicted octanol–water partition coefficient (Wildman–Crippen LogP) is 2.46. The Kier molecular flexibility index (Phi) is 3.05. The maximum Gasteiger partial charge on any atom is 0.335 e. The molecule has 0 atom stereocenters. The van der Waals surface area contributed by atoms with Crippen LogP contribution in [0.25, 0.3) is 11.1 Å². The Balaban J connectivity index is 2.36. The number of aromatic nitrogens is 1. The van der Waals surface area contributed by atoms with Gasteiger partial charge >= 0.3 is 5.97 Å². The van der Waals surface area contributed by atoms with Gasteiger partial charge in [0.15, 0.2) is 0 Å². The van der Waals surface area contributed by atoms with Gasteiger partial charge in [-0.05, 0) is 29.3 Å². The van der Waals surface area contributed by atoms with Crippen molar-refractivity contribution in [1.29, 1.82) is 0 Å². The summed E-state index contributed by atoms with van der Waals surface area (Å²) < 4.78 is 5.03. The van der Waals surface area contributed by atoms with E-state index in [1.165, 1.54) is 0 Å². The molecule has 0 amide bonds. The van der Waals surface area contributed by atoms with Crippen LogP contribution in [0.4, 0.5) is 0 Å². The van der Waals surface area contributed by atoms with Crippen LogP contribution < -0.4 is 4.74 Å². The van der Waals surface area contributed by atoms with Crippen molar-refractivity contribution in [2.24, 2.45) is 0 Å². The maximum absolute atomic E-state index is 10.7. The van der Waals surface area contributed by atoms with Crippen LogP contribution in [0.2, 0.25) is 0 Å². The molecule has 0 unspecified atom stereocenters. The molecule has 0 saturated carbocycles. The average molecular weight is 229 g/mol. The van der Waals surface area contributed by atoms with E-state index in [2.05, 4.69) is 4.98 Å². The van der Waals surface area contributed by atoms with Crippen molar-refractivity contribution in [3.63, 3.8) is 0 Å². The van der Waals surface area contributed by atoms with Gasteiger partial charge in [0, 0.05) is 12.3 Å². The van der Waals surface area contributed by atoms with Crippen LogP contribution in [-0.4, -0.2) is 23.2 Å². The first-order valence-electron chi connectivity index (χ1n) is 5.04. The van der Waals surface area contributed by atoms with Crippen molar-refractivity contribution in [2.75, 3.05) is 7.11 Å². The Morgan fingerprint density at radius 1 is 1.18 bits per heavy atom. The van der Waals surface area contributed by atoms with Crippen molar-refractivity contribution in [2.45, 2.75) is 0 Å². The molecule has 4 heteroatoms. The van der Waals surface area contributed by atoms with E-state index in [0.717, 1.165) is 11.1 Å². The largest absolute Gasteiger partial charge is 0.481 e. The number of pyridine rings is 1. The molecule has 2 aromatic rings. The van der Waals surface area contributed by atoms with Gasteiger partial charge in [0.2, 0.25) is 5.88 Å². The summed E-state index contributed by atoms with van der Waals surface area (Å²) in [5.74, 6) is -0.395. The molecule has 17 heavy (non-hydrogen) atoms. The van der Waals surface area contributed by atoms with Crippen molar-refractivity contribution >= 4 is 5.97 Å². The molecule has 0 aliphatic heterocycles. The quantitative estimate of drug-likeness (QED) is 0.878. The molecule has 86 valence electrons. The molecule has 1 aromatic heterocycles. The highest BCUT2D eigenvalue weighted by Gasteiger charge is 2.04. The van der Waals surface area contributed by atoms with Crippen molar-refractivity contribution < 1.29 is 14.6 Å². The fourth-order valence-electron chi connectivity index (χ4n) is 1.51. The summed E-state index contributed by atoms with van der Waals surface area (Å²) in [7, 11) is 1.56. The van der Waals surface area contributed by atoms with Gasteiger partial charge < -0.3 is 9.84 Å². The van der Waals surface area contributed by atoms with Gasteiger partial charge in [-0.15, -0.1) is 0 Å². The van der Waals surface area contributed by atoms with Gasteiger partial charge in [-0.1, -0.05) is 12.1 Å². The summed E-state index contributed by atoms with van der Waals surface area (Å²) in [4.78, 5) is 14.7. The first-order valence-corrected chi connectivity index (χ1v) is 5.04. The Morgan fingerprint density at radius 3 is 2.47 bits per heavy atom. The molecule has 0 radical (unpaired) electrons. The third-order valence-electron chi connectivity index (χ3n) is 2.41. The number of nitrogens with zero attached hydrogens (tertiary/aromatic N) is 1. The average Bonchev–Trinajstić information content (AvgIpc) is 2.39. The van der Waals surface area contributed by atoms with Crippen LogP contribution in [-0.2, 0) is 0 Å². The fraction of sp³-hybridized carbons (Fsp3) is 0.0769. The van der Waals surface area contributed by atoms with E-state index < -0.39 is 5.97 Å². The molecule has 0 bridgehead atoms. The topological polar surface area (TPSA) is 59.4 Å². The molecule has 0 fully saturated rings. The molecular weight excluding hydrogens is 218 g/mol. The number of hydrogen-bond acceptors (Lipinski definition) is 3. The highest BCUT2D eigenvalue weighted by atomic mass is 16.5. The molecule has 0 saturated heterocycles. The van der Waals surface area contributed by atoms with E-state index in [9.17, 15) is 4.79 Å². The lowest BCUT2D eigenvalue weighted by atomic mass is 10.1. The van der Waals surface area contributed by atoms with E-state index in [0.29, 0.717) is 5.88 Å². The summed E-state index contributed by atoms with van der Waals surface area (Å²) in [5.41, 5.74) is 2.14. The van der Waals surface area contributed by atoms with E-state index in [1.54, 1.807) is 43.6 Å². The molecule has 1 N–H and O–H groups in total. The summed E-state index contributed by atoms with van der Waals surface area (Å²) in [6.07, 6.45) is 1.65. The van der Waals surface area contributed by atoms with Crippen LogP contribution in [0.3, 0.4) is 0 Å². The Hall–Kier alpha value is -2.36. The lowest BCUT2D eigenvalue weighted by Gasteiger charge is -2.04. The number of carboxylic acids is 1. The number of rotatable bonds is 3. The van der Waals surface area contributed by atoms with E-state index in [1.807, 2.05) is 6.07 Å².